The van der Waals surface area contributed by atoms with Crippen molar-refractivity contribution in [3.8, 4) is 11.8 Å². The molecule has 0 aliphatic rings. The lowest BCUT2D eigenvalue weighted by molar-refractivity contribution is -0.123. The molecular formula is C14H18N2O2. The summed E-state index contributed by atoms with van der Waals surface area (Å²) in [4.78, 5) is 11.5. The van der Waals surface area contributed by atoms with Gasteiger partial charge >= 0.3 is 0 Å². The van der Waals surface area contributed by atoms with Gasteiger partial charge in [-0.05, 0) is 25.0 Å². The molecule has 0 spiro atoms. The summed E-state index contributed by atoms with van der Waals surface area (Å²) in [6.45, 7) is 4.13. The highest BCUT2D eigenvalue weighted by atomic mass is 16.5. The number of nitrogens with zero attached hydrogens (tertiary/aromatic N) is 1. The molecule has 0 fully saturated rings. The average molecular weight is 246 g/mol. The van der Waals surface area contributed by atoms with Crippen molar-refractivity contribution in [2.45, 2.75) is 20.3 Å². The zero-order chi connectivity index (χ0) is 13.4. The third-order valence-electron chi connectivity index (χ3n) is 2.54. The Morgan fingerprint density at radius 1 is 1.50 bits per heavy atom. The summed E-state index contributed by atoms with van der Waals surface area (Å²) >= 11 is 0. The second-order valence-electron chi connectivity index (χ2n) is 4.08. The predicted molar refractivity (Wildman–Crippen MR) is 69.1 cm³/mol. The highest BCUT2D eigenvalue weighted by Gasteiger charge is 2.06. The molecule has 0 aliphatic heterocycles. The molecule has 1 amide bonds. The van der Waals surface area contributed by atoms with Crippen molar-refractivity contribution in [2.75, 3.05) is 13.2 Å². The van der Waals surface area contributed by atoms with E-state index in [1.807, 2.05) is 31.2 Å². The van der Waals surface area contributed by atoms with E-state index >= 15 is 0 Å². The average Bonchev–Trinajstić information content (AvgIpc) is 2.42. The van der Waals surface area contributed by atoms with E-state index < -0.39 is 0 Å². The lowest BCUT2D eigenvalue weighted by atomic mass is 10.1. The van der Waals surface area contributed by atoms with Crippen molar-refractivity contribution in [1.82, 2.24) is 5.32 Å². The molecule has 1 N–H and O–H groups in total. The zero-order valence-electron chi connectivity index (χ0n) is 10.8. The van der Waals surface area contributed by atoms with Crippen LogP contribution in [0.25, 0.3) is 0 Å². The molecule has 0 bridgehead atoms. The number of hydrogen-bond donors (Lipinski definition) is 1. The first-order valence-electron chi connectivity index (χ1n) is 6.04. The Morgan fingerprint density at radius 2 is 2.22 bits per heavy atom. The molecule has 4 heteroatoms. The first-order valence-corrected chi connectivity index (χ1v) is 6.04. The van der Waals surface area contributed by atoms with Gasteiger partial charge in [-0.2, -0.15) is 5.26 Å². The molecule has 4 nitrogen and oxygen atoms in total. The first kappa shape index (κ1) is 14.0. The summed E-state index contributed by atoms with van der Waals surface area (Å²) in [6, 6.07) is 9.71. The highest BCUT2D eigenvalue weighted by Crippen LogP contribution is 2.17. The number of benzene rings is 1. The third kappa shape index (κ3) is 4.46. The van der Waals surface area contributed by atoms with Crippen LogP contribution < -0.4 is 10.1 Å². The molecule has 1 rings (SSSR count). The maximum Gasteiger partial charge on any atom is 0.257 e. The van der Waals surface area contributed by atoms with Crippen LogP contribution in [-0.4, -0.2) is 19.1 Å². The minimum atomic E-state index is -0.206. The van der Waals surface area contributed by atoms with E-state index in [0.717, 1.165) is 17.7 Å². The molecule has 0 heterocycles. The molecule has 0 saturated heterocycles. The zero-order valence-corrected chi connectivity index (χ0v) is 10.8. The molecule has 1 atom stereocenters. The molecular weight excluding hydrogens is 228 g/mol. The van der Waals surface area contributed by atoms with Gasteiger partial charge in [0.05, 0.1) is 12.0 Å². The molecule has 0 aliphatic carbocycles. The smallest absolute Gasteiger partial charge is 0.257 e. The van der Waals surface area contributed by atoms with Gasteiger partial charge in [0, 0.05) is 6.54 Å². The molecule has 0 saturated carbocycles. The van der Waals surface area contributed by atoms with E-state index in [0.29, 0.717) is 6.54 Å². The van der Waals surface area contributed by atoms with Gasteiger partial charge in [-0.15, -0.1) is 0 Å². The number of ether oxygens (including phenoxy) is 1. The number of nitrogens with one attached hydrogen (secondary N) is 1. The van der Waals surface area contributed by atoms with E-state index in [1.165, 1.54) is 0 Å². The lowest BCUT2D eigenvalue weighted by Gasteiger charge is -2.10. The summed E-state index contributed by atoms with van der Waals surface area (Å²) in [7, 11) is 0. The van der Waals surface area contributed by atoms with Gasteiger partial charge in [0.1, 0.15) is 5.75 Å². The van der Waals surface area contributed by atoms with Gasteiger partial charge in [-0.1, -0.05) is 25.1 Å². The molecule has 1 aromatic rings. The number of amides is 1. The van der Waals surface area contributed by atoms with E-state index in [2.05, 4.69) is 11.4 Å². The van der Waals surface area contributed by atoms with Crippen molar-refractivity contribution in [3.05, 3.63) is 29.8 Å². The molecule has 0 radical (unpaired) electrons. The Balaban J connectivity index is 2.41. The number of aryl methyl sites for hydroxylation is 1. The van der Waals surface area contributed by atoms with Crippen LogP contribution >= 0.6 is 0 Å². The standard InChI is InChI=1S/C14H18N2O2/c1-3-12-6-4-5-7-13(12)18-10-14(17)16-9-11(2)8-15/h4-7,11H,3,9-10H2,1-2H3,(H,16,17)/t11-/m1/s1. The van der Waals surface area contributed by atoms with Crippen LogP contribution in [-0.2, 0) is 11.2 Å². The molecule has 96 valence electrons. The number of para-hydroxylation sites is 1. The fourth-order valence-corrected chi connectivity index (χ4v) is 1.44. The van der Waals surface area contributed by atoms with Crippen LogP contribution in [0.5, 0.6) is 5.75 Å². The van der Waals surface area contributed by atoms with Crippen molar-refractivity contribution >= 4 is 5.91 Å². The SMILES string of the molecule is CCc1ccccc1OCC(=O)NC[C@H](C)C#N. The molecule has 0 unspecified atom stereocenters. The van der Waals surface area contributed by atoms with Crippen LogP contribution in [0, 0.1) is 17.2 Å². The summed E-state index contributed by atoms with van der Waals surface area (Å²) in [6.07, 6.45) is 0.864. The van der Waals surface area contributed by atoms with E-state index in [9.17, 15) is 4.79 Å². The van der Waals surface area contributed by atoms with Crippen molar-refractivity contribution in [1.29, 1.82) is 5.26 Å². The van der Waals surface area contributed by atoms with Gasteiger partial charge in [0.15, 0.2) is 6.61 Å². The van der Waals surface area contributed by atoms with Crippen LogP contribution in [0.2, 0.25) is 0 Å². The van der Waals surface area contributed by atoms with Crippen LogP contribution in [0.1, 0.15) is 19.4 Å². The first-order chi connectivity index (χ1) is 8.67. The third-order valence-corrected chi connectivity index (χ3v) is 2.54. The number of carbonyl (C=O) groups is 1. The van der Waals surface area contributed by atoms with Crippen LogP contribution in [0.4, 0.5) is 0 Å². The second kappa shape index (κ2) is 7.33. The second-order valence-corrected chi connectivity index (χ2v) is 4.08. The van der Waals surface area contributed by atoms with E-state index in [4.69, 9.17) is 10.00 Å². The Hall–Kier alpha value is -2.02. The topological polar surface area (TPSA) is 62.1 Å². The van der Waals surface area contributed by atoms with E-state index in [1.54, 1.807) is 6.92 Å². The number of rotatable bonds is 6. The van der Waals surface area contributed by atoms with Crippen LogP contribution in [0.3, 0.4) is 0 Å². The van der Waals surface area contributed by atoms with Crippen molar-refractivity contribution in [3.63, 3.8) is 0 Å². The Labute approximate surface area is 108 Å². The summed E-state index contributed by atoms with van der Waals surface area (Å²) in [5.74, 6) is 0.350. The fraction of sp³-hybridized carbons (Fsp3) is 0.429. The Bertz CT molecular complexity index is 438. The molecule has 1 aromatic carbocycles. The maximum atomic E-state index is 11.5. The minimum Gasteiger partial charge on any atom is -0.483 e. The van der Waals surface area contributed by atoms with Crippen molar-refractivity contribution < 1.29 is 9.53 Å². The molecule has 0 aromatic heterocycles. The monoisotopic (exact) mass is 246 g/mol. The number of carbonyl (C=O) groups excluding carboxylic acids is 1. The normalized spacial score (nSPS) is 11.4. The van der Waals surface area contributed by atoms with Gasteiger partial charge in [-0.3, -0.25) is 4.79 Å². The summed E-state index contributed by atoms with van der Waals surface area (Å²) < 4.78 is 5.46. The highest BCUT2D eigenvalue weighted by molar-refractivity contribution is 5.77. The largest absolute Gasteiger partial charge is 0.483 e. The summed E-state index contributed by atoms with van der Waals surface area (Å²) in [5, 5.41) is 11.2. The van der Waals surface area contributed by atoms with Gasteiger partial charge < -0.3 is 10.1 Å². The van der Waals surface area contributed by atoms with Crippen molar-refractivity contribution in [2.24, 2.45) is 5.92 Å². The van der Waals surface area contributed by atoms with Crippen LogP contribution in [0.15, 0.2) is 24.3 Å². The van der Waals surface area contributed by atoms with E-state index in [-0.39, 0.29) is 18.4 Å². The fourth-order valence-electron chi connectivity index (χ4n) is 1.44. The maximum absolute atomic E-state index is 11.5. The number of nitriles is 1. The predicted octanol–water partition coefficient (Wildman–Crippen LogP) is 1.90. The van der Waals surface area contributed by atoms with Gasteiger partial charge in [0.25, 0.3) is 5.91 Å². The Morgan fingerprint density at radius 3 is 2.89 bits per heavy atom. The molecule has 18 heavy (non-hydrogen) atoms. The lowest BCUT2D eigenvalue weighted by Crippen LogP contribution is -2.32. The Kier molecular flexibility index (Phi) is 5.72. The number of hydrogen-bond acceptors (Lipinski definition) is 3. The summed E-state index contributed by atoms with van der Waals surface area (Å²) in [5.41, 5.74) is 1.08. The minimum absolute atomic E-state index is 0.0187. The van der Waals surface area contributed by atoms with Gasteiger partial charge in [0.2, 0.25) is 0 Å². The van der Waals surface area contributed by atoms with Gasteiger partial charge in [-0.25, -0.2) is 0 Å². The quantitative estimate of drug-likeness (QED) is 0.834.